The van der Waals surface area contributed by atoms with Crippen LogP contribution in [0.15, 0.2) is 29.5 Å². The van der Waals surface area contributed by atoms with Crippen LogP contribution in [0.1, 0.15) is 143 Å². The number of aliphatic carboxylic acids is 1. The molecule has 5 aliphatic rings. The maximum atomic E-state index is 14.0. The van der Waals surface area contributed by atoms with Gasteiger partial charge in [-0.2, -0.15) is 0 Å². The summed E-state index contributed by atoms with van der Waals surface area (Å²) in [6, 6.07) is 3.62. The van der Waals surface area contributed by atoms with E-state index in [-0.39, 0.29) is 57.7 Å². The van der Waals surface area contributed by atoms with Crippen molar-refractivity contribution >= 4 is 23.6 Å². The van der Waals surface area contributed by atoms with E-state index in [1.165, 1.54) is 11.1 Å². The number of carbonyl (C=O) groups is 4. The predicted molar refractivity (Wildman–Crippen MR) is 192 cm³/mol. The van der Waals surface area contributed by atoms with Crippen LogP contribution < -0.4 is 5.32 Å². The number of hydrogen-bond acceptors (Lipinski definition) is 6. The molecule has 1 unspecified atom stereocenters. The van der Waals surface area contributed by atoms with E-state index >= 15 is 0 Å². The molecular formula is C42H60N2O6. The fraction of sp³-hybridized carbons (Fsp3) is 0.738. The Morgan fingerprint density at radius 3 is 2.36 bits per heavy atom. The molecule has 1 amide bonds. The lowest BCUT2D eigenvalue weighted by Crippen LogP contribution is -2.65. The minimum Gasteiger partial charge on any atom is -0.481 e. The zero-order valence-electron chi connectivity index (χ0n) is 32.1. The number of rotatable bonds is 7. The minimum atomic E-state index is -1.17. The summed E-state index contributed by atoms with van der Waals surface area (Å²) in [5.74, 6) is -0.557. The van der Waals surface area contributed by atoms with Crippen LogP contribution in [0, 0.1) is 57.7 Å². The van der Waals surface area contributed by atoms with Crippen LogP contribution in [0.2, 0.25) is 0 Å². The maximum absolute atomic E-state index is 14.0. The summed E-state index contributed by atoms with van der Waals surface area (Å²) >= 11 is 0. The zero-order valence-corrected chi connectivity index (χ0v) is 32.1. The highest BCUT2D eigenvalue weighted by Crippen LogP contribution is 2.75. The van der Waals surface area contributed by atoms with Crippen LogP contribution in [0.4, 0.5) is 0 Å². The Balaban J connectivity index is 1.33. The number of pyridine rings is 1. The van der Waals surface area contributed by atoms with Crippen molar-refractivity contribution in [3.63, 3.8) is 0 Å². The standard InChI is InChI=1S/C42H60N2O6/c1-24(2)33-28(45)22-42(44-35(47)26-12-11-21-43-25(26)3)20-19-40(9)27(34(33)42)13-14-30-39(8)17-16-31(50-32(46)23-37(4,5)36(48)49)38(6,7)29(39)15-18-41(30,40)10/h11-12,21,24,29-31,33H,13-20,22-23H2,1-10H3,(H,44,47)(H,48,49)/t29-,30+,31-,33?,39-,40+,41+,42+/m0/s1. The largest absolute Gasteiger partial charge is 0.481 e. The lowest BCUT2D eigenvalue weighted by atomic mass is 9.34. The van der Waals surface area contributed by atoms with Gasteiger partial charge in [-0.05, 0) is 124 Å². The fourth-order valence-corrected chi connectivity index (χ4v) is 12.5. The smallest absolute Gasteiger partial charge is 0.309 e. The molecule has 0 radical (unpaired) electrons. The Morgan fingerprint density at radius 1 is 1.02 bits per heavy atom. The first-order valence-corrected chi connectivity index (χ1v) is 19.1. The molecule has 274 valence electrons. The van der Waals surface area contributed by atoms with Gasteiger partial charge in [0, 0.05) is 29.6 Å². The van der Waals surface area contributed by atoms with E-state index in [0.29, 0.717) is 29.5 Å². The monoisotopic (exact) mass is 688 g/mol. The molecule has 0 bridgehead atoms. The topological polar surface area (TPSA) is 123 Å². The number of allylic oxidation sites excluding steroid dienone is 1. The first-order chi connectivity index (χ1) is 23.1. The summed E-state index contributed by atoms with van der Waals surface area (Å²) in [5, 5.41) is 13.1. The van der Waals surface area contributed by atoms with E-state index in [9.17, 15) is 24.3 Å². The van der Waals surface area contributed by atoms with Gasteiger partial charge in [0.25, 0.3) is 5.91 Å². The molecule has 0 spiro atoms. The van der Waals surface area contributed by atoms with Crippen LogP contribution in [0.5, 0.6) is 0 Å². The van der Waals surface area contributed by atoms with Crippen LogP contribution in [0.25, 0.3) is 0 Å². The van der Waals surface area contributed by atoms with Crippen molar-refractivity contribution in [2.45, 2.75) is 145 Å². The molecule has 1 aromatic heterocycles. The number of ketones is 1. The van der Waals surface area contributed by atoms with Crippen LogP contribution in [-0.4, -0.2) is 45.4 Å². The van der Waals surface area contributed by atoms with Crippen molar-refractivity contribution in [2.75, 3.05) is 0 Å². The molecular weight excluding hydrogens is 628 g/mol. The van der Waals surface area contributed by atoms with Crippen molar-refractivity contribution in [2.24, 2.45) is 50.7 Å². The molecule has 4 saturated carbocycles. The van der Waals surface area contributed by atoms with Gasteiger partial charge in [-0.1, -0.05) is 54.0 Å². The molecule has 1 heterocycles. The molecule has 50 heavy (non-hydrogen) atoms. The minimum absolute atomic E-state index is 0.00716. The van der Waals surface area contributed by atoms with E-state index in [2.05, 4.69) is 58.8 Å². The second-order valence-electron chi connectivity index (χ2n) is 19.1. The van der Waals surface area contributed by atoms with E-state index in [1.54, 1.807) is 26.1 Å². The highest BCUT2D eigenvalue weighted by molar-refractivity contribution is 5.98. The first kappa shape index (κ1) is 36.8. The Morgan fingerprint density at radius 2 is 1.72 bits per heavy atom. The number of carboxylic acid groups (broad SMARTS) is 1. The number of carbonyl (C=O) groups excluding carboxylic acids is 3. The molecule has 8 heteroatoms. The number of fused-ring (bicyclic) bond motifs is 6. The summed E-state index contributed by atoms with van der Waals surface area (Å²) in [7, 11) is 0. The second-order valence-corrected chi connectivity index (χ2v) is 19.1. The van der Waals surface area contributed by atoms with Gasteiger partial charge in [-0.15, -0.1) is 0 Å². The highest BCUT2D eigenvalue weighted by Gasteiger charge is 2.69. The second kappa shape index (κ2) is 12.0. The number of esters is 1. The van der Waals surface area contributed by atoms with Gasteiger partial charge >= 0.3 is 11.9 Å². The third-order valence-electron chi connectivity index (χ3n) is 15.3. The number of nitrogens with zero attached hydrogens (tertiary/aromatic N) is 1. The van der Waals surface area contributed by atoms with Gasteiger partial charge in [0.15, 0.2) is 0 Å². The fourth-order valence-electron chi connectivity index (χ4n) is 12.5. The van der Waals surface area contributed by atoms with Gasteiger partial charge in [0.1, 0.15) is 11.9 Å². The molecule has 0 aliphatic heterocycles. The number of ether oxygens (including phenoxy) is 1. The number of carboxylic acids is 1. The normalized spacial score (nSPS) is 37.7. The quantitative estimate of drug-likeness (QED) is 0.218. The molecule has 8 atom stereocenters. The van der Waals surface area contributed by atoms with Gasteiger partial charge in [0.05, 0.1) is 22.9 Å². The van der Waals surface area contributed by atoms with E-state index in [0.717, 1.165) is 51.4 Å². The number of aryl methyl sites for hydroxylation is 1. The zero-order chi connectivity index (χ0) is 36.8. The Hall–Kier alpha value is -3.03. The first-order valence-electron chi connectivity index (χ1n) is 19.1. The average molecular weight is 689 g/mol. The molecule has 4 fully saturated rings. The van der Waals surface area contributed by atoms with E-state index < -0.39 is 22.9 Å². The van der Waals surface area contributed by atoms with E-state index in [1.807, 2.05) is 13.0 Å². The lowest BCUT2D eigenvalue weighted by Gasteiger charge is -2.70. The average Bonchev–Trinajstić information content (AvgIpc) is 3.30. The van der Waals surface area contributed by atoms with Gasteiger partial charge in [-0.25, -0.2) is 0 Å². The molecule has 5 aliphatic carbocycles. The Bertz CT molecular complexity index is 1640. The number of Topliss-reactive ketones (excluding diaryl/α,β-unsaturated/α-hetero) is 1. The van der Waals surface area contributed by atoms with Crippen molar-refractivity contribution < 1.29 is 29.0 Å². The van der Waals surface area contributed by atoms with Crippen LogP contribution in [0.3, 0.4) is 0 Å². The van der Waals surface area contributed by atoms with Crippen molar-refractivity contribution in [3.05, 3.63) is 40.7 Å². The summed E-state index contributed by atoms with van der Waals surface area (Å²) in [6.45, 7) is 21.3. The summed E-state index contributed by atoms with van der Waals surface area (Å²) in [5.41, 5.74) is 1.76. The highest BCUT2D eigenvalue weighted by atomic mass is 16.5. The number of amides is 1. The predicted octanol–water partition coefficient (Wildman–Crippen LogP) is 8.27. The molecule has 0 aromatic carbocycles. The lowest BCUT2D eigenvalue weighted by molar-refractivity contribution is -0.214. The number of nitrogens with one attached hydrogen (secondary N) is 1. The van der Waals surface area contributed by atoms with Crippen molar-refractivity contribution in [3.8, 4) is 0 Å². The summed E-state index contributed by atoms with van der Waals surface area (Å²) < 4.78 is 6.15. The van der Waals surface area contributed by atoms with Gasteiger partial charge < -0.3 is 15.2 Å². The van der Waals surface area contributed by atoms with Crippen molar-refractivity contribution in [1.82, 2.24) is 10.3 Å². The third-order valence-corrected chi connectivity index (χ3v) is 15.3. The number of aromatic nitrogens is 1. The SMILES string of the molecule is Cc1ncccc1C(=O)N[C@@]12CC[C@]3(C)C(=C1C(C(C)C)C(=O)C2)CC[C@@H]1[C@@]2(C)CC[C@H](OC(=O)CC(C)(C)C(=O)O)C(C)(C)[C@@H]2CC[C@]13C. The molecule has 1 aromatic rings. The summed E-state index contributed by atoms with van der Waals surface area (Å²) in [4.78, 5) is 57.0. The number of hydrogen-bond donors (Lipinski definition) is 2. The summed E-state index contributed by atoms with van der Waals surface area (Å²) in [6.07, 6.45) is 9.11. The van der Waals surface area contributed by atoms with E-state index in [4.69, 9.17) is 4.74 Å². The Kier molecular flexibility index (Phi) is 8.83. The van der Waals surface area contributed by atoms with Crippen LogP contribution >= 0.6 is 0 Å². The Labute approximate surface area is 299 Å². The van der Waals surface area contributed by atoms with Crippen LogP contribution in [-0.2, 0) is 19.1 Å². The molecule has 8 nitrogen and oxygen atoms in total. The molecule has 0 saturated heterocycles. The van der Waals surface area contributed by atoms with Gasteiger partial charge in [-0.3, -0.25) is 24.2 Å². The van der Waals surface area contributed by atoms with Crippen molar-refractivity contribution in [1.29, 1.82) is 0 Å². The van der Waals surface area contributed by atoms with Gasteiger partial charge in [0.2, 0.25) is 0 Å². The molecule has 2 N–H and O–H groups in total. The molecule has 6 rings (SSSR count). The third kappa shape index (κ3) is 5.31. The maximum Gasteiger partial charge on any atom is 0.309 e.